The van der Waals surface area contributed by atoms with Crippen LogP contribution in [0.2, 0.25) is 0 Å². The van der Waals surface area contributed by atoms with Crippen LogP contribution in [0.1, 0.15) is 69.7 Å². The highest BCUT2D eigenvalue weighted by molar-refractivity contribution is 7.15. The lowest BCUT2D eigenvalue weighted by molar-refractivity contribution is -0.116. The van der Waals surface area contributed by atoms with E-state index in [0.29, 0.717) is 23.4 Å². The van der Waals surface area contributed by atoms with E-state index < -0.39 is 0 Å². The highest BCUT2D eigenvalue weighted by Crippen LogP contribution is 2.35. The van der Waals surface area contributed by atoms with E-state index >= 15 is 0 Å². The van der Waals surface area contributed by atoms with Crippen LogP contribution in [0.5, 0.6) is 0 Å². The van der Waals surface area contributed by atoms with E-state index in [1.54, 1.807) is 11.3 Å². The molecule has 1 fully saturated rings. The first-order valence-corrected chi connectivity index (χ1v) is 8.10. The Morgan fingerprint density at radius 3 is 2.74 bits per heavy atom. The van der Waals surface area contributed by atoms with Gasteiger partial charge in [0.25, 0.3) is 0 Å². The average molecular weight is 281 g/mol. The second-order valence-corrected chi connectivity index (χ2v) is 6.77. The minimum Gasteiger partial charge on any atom is -0.301 e. The Bertz CT molecular complexity index is 411. The number of nitrogens with one attached hydrogen (secondary N) is 1. The number of aromatic nitrogens is 2. The topological polar surface area (TPSA) is 54.9 Å². The van der Waals surface area contributed by atoms with E-state index in [0.717, 1.165) is 11.4 Å². The molecule has 2 rings (SSSR count). The van der Waals surface area contributed by atoms with Gasteiger partial charge in [-0.1, -0.05) is 44.4 Å². The van der Waals surface area contributed by atoms with Gasteiger partial charge in [0, 0.05) is 12.3 Å². The van der Waals surface area contributed by atoms with Crippen molar-refractivity contribution in [2.45, 2.75) is 64.7 Å². The molecule has 1 aliphatic carbocycles. The van der Waals surface area contributed by atoms with Gasteiger partial charge in [0.2, 0.25) is 11.0 Å². The zero-order valence-electron chi connectivity index (χ0n) is 11.8. The van der Waals surface area contributed by atoms with Gasteiger partial charge in [0.15, 0.2) is 0 Å². The molecule has 19 heavy (non-hydrogen) atoms. The van der Waals surface area contributed by atoms with E-state index in [-0.39, 0.29) is 5.91 Å². The van der Waals surface area contributed by atoms with Crippen LogP contribution >= 0.6 is 11.3 Å². The molecular formula is C14H23N3OS. The van der Waals surface area contributed by atoms with Crippen molar-refractivity contribution in [2.24, 2.45) is 5.92 Å². The molecule has 0 saturated heterocycles. The van der Waals surface area contributed by atoms with Gasteiger partial charge >= 0.3 is 0 Å². The van der Waals surface area contributed by atoms with E-state index in [4.69, 9.17) is 0 Å². The number of rotatable bonds is 5. The van der Waals surface area contributed by atoms with Gasteiger partial charge in [-0.15, -0.1) is 10.2 Å². The fourth-order valence-electron chi connectivity index (χ4n) is 2.40. The van der Waals surface area contributed by atoms with Gasteiger partial charge < -0.3 is 5.32 Å². The summed E-state index contributed by atoms with van der Waals surface area (Å²) in [7, 11) is 0. The van der Waals surface area contributed by atoms with E-state index in [1.807, 2.05) is 0 Å². The van der Waals surface area contributed by atoms with Crippen LogP contribution in [0.4, 0.5) is 5.13 Å². The van der Waals surface area contributed by atoms with Gasteiger partial charge in [0.05, 0.1) is 0 Å². The Balaban J connectivity index is 1.84. The van der Waals surface area contributed by atoms with Crippen LogP contribution in [0, 0.1) is 5.92 Å². The van der Waals surface area contributed by atoms with Crippen molar-refractivity contribution in [1.29, 1.82) is 0 Å². The molecule has 0 bridgehead atoms. The molecule has 0 aromatic carbocycles. The summed E-state index contributed by atoms with van der Waals surface area (Å²) in [5.74, 6) is 1.17. The van der Waals surface area contributed by atoms with E-state index in [9.17, 15) is 4.79 Å². The summed E-state index contributed by atoms with van der Waals surface area (Å²) in [4.78, 5) is 11.7. The molecule has 1 N–H and O–H groups in total. The first-order chi connectivity index (χ1) is 9.15. The lowest BCUT2D eigenvalue weighted by Gasteiger charge is -2.18. The number of carbonyl (C=O) groups excluding carboxylic acids is 1. The van der Waals surface area contributed by atoms with Crippen LogP contribution in [0.25, 0.3) is 0 Å². The molecule has 1 aromatic rings. The maximum absolute atomic E-state index is 11.7. The quantitative estimate of drug-likeness (QED) is 0.888. The van der Waals surface area contributed by atoms with Gasteiger partial charge in [0.1, 0.15) is 5.01 Å². The van der Waals surface area contributed by atoms with Crippen molar-refractivity contribution in [3.8, 4) is 0 Å². The average Bonchev–Trinajstić information content (AvgIpc) is 2.86. The third kappa shape index (κ3) is 4.56. The number of hydrogen-bond donors (Lipinski definition) is 1. The van der Waals surface area contributed by atoms with Gasteiger partial charge in [-0.25, -0.2) is 0 Å². The SMILES string of the molecule is CC(C)CCC(=O)Nc1nnc(C2CCCCC2)s1. The van der Waals surface area contributed by atoms with Gasteiger partial charge in [-0.05, 0) is 25.2 Å². The third-order valence-corrected chi connectivity index (χ3v) is 4.59. The third-order valence-electron chi connectivity index (χ3n) is 3.59. The molecule has 5 heteroatoms. The maximum Gasteiger partial charge on any atom is 0.226 e. The first kappa shape index (κ1) is 14.4. The number of amides is 1. The monoisotopic (exact) mass is 281 g/mol. The van der Waals surface area contributed by atoms with Crippen LogP contribution in [0.15, 0.2) is 0 Å². The van der Waals surface area contributed by atoms with Crippen molar-refractivity contribution in [1.82, 2.24) is 10.2 Å². The molecule has 1 amide bonds. The fraction of sp³-hybridized carbons (Fsp3) is 0.786. The highest BCUT2D eigenvalue weighted by atomic mass is 32.1. The molecule has 106 valence electrons. The Morgan fingerprint density at radius 2 is 2.05 bits per heavy atom. The standard InChI is InChI=1S/C14H23N3OS/c1-10(2)8-9-12(18)15-14-17-16-13(19-14)11-6-4-3-5-7-11/h10-11H,3-9H2,1-2H3,(H,15,17,18). The molecule has 0 radical (unpaired) electrons. The van der Waals surface area contributed by atoms with Crippen molar-refractivity contribution in [3.05, 3.63) is 5.01 Å². The van der Waals surface area contributed by atoms with Crippen molar-refractivity contribution in [2.75, 3.05) is 5.32 Å². The normalized spacial score (nSPS) is 16.8. The smallest absolute Gasteiger partial charge is 0.226 e. The van der Waals surface area contributed by atoms with Gasteiger partial charge in [-0.3, -0.25) is 4.79 Å². The lowest BCUT2D eigenvalue weighted by Crippen LogP contribution is -2.11. The van der Waals surface area contributed by atoms with Crippen LogP contribution in [0.3, 0.4) is 0 Å². The summed E-state index contributed by atoms with van der Waals surface area (Å²) in [6.45, 7) is 4.25. The van der Waals surface area contributed by atoms with E-state index in [1.165, 1.54) is 32.1 Å². The van der Waals surface area contributed by atoms with Crippen LogP contribution in [-0.4, -0.2) is 16.1 Å². The number of hydrogen-bond acceptors (Lipinski definition) is 4. The summed E-state index contributed by atoms with van der Waals surface area (Å²) in [5, 5.41) is 13.0. The number of anilines is 1. The molecule has 0 unspecified atom stereocenters. The minimum absolute atomic E-state index is 0.0556. The summed E-state index contributed by atoms with van der Waals surface area (Å²) < 4.78 is 0. The fourth-order valence-corrected chi connectivity index (χ4v) is 3.33. The number of nitrogens with zero attached hydrogens (tertiary/aromatic N) is 2. The Kier molecular flexibility index (Phi) is 5.31. The highest BCUT2D eigenvalue weighted by Gasteiger charge is 2.20. The van der Waals surface area contributed by atoms with Crippen LogP contribution < -0.4 is 5.32 Å². The zero-order valence-corrected chi connectivity index (χ0v) is 12.6. The second kappa shape index (κ2) is 6.98. The summed E-state index contributed by atoms with van der Waals surface area (Å²) in [6.07, 6.45) is 7.84. The summed E-state index contributed by atoms with van der Waals surface area (Å²) >= 11 is 1.55. The maximum atomic E-state index is 11.7. The zero-order chi connectivity index (χ0) is 13.7. The first-order valence-electron chi connectivity index (χ1n) is 7.28. The van der Waals surface area contributed by atoms with Crippen LogP contribution in [-0.2, 0) is 4.79 Å². The molecule has 1 heterocycles. The molecule has 1 aliphatic rings. The largest absolute Gasteiger partial charge is 0.301 e. The van der Waals surface area contributed by atoms with Crippen molar-refractivity contribution >= 4 is 22.4 Å². The molecule has 0 atom stereocenters. The second-order valence-electron chi connectivity index (χ2n) is 5.76. The Morgan fingerprint density at radius 1 is 1.32 bits per heavy atom. The Labute approximate surface area is 119 Å². The molecule has 0 aliphatic heterocycles. The molecule has 1 aromatic heterocycles. The summed E-state index contributed by atoms with van der Waals surface area (Å²) in [5.41, 5.74) is 0. The van der Waals surface area contributed by atoms with Gasteiger partial charge in [-0.2, -0.15) is 0 Å². The van der Waals surface area contributed by atoms with Crippen molar-refractivity contribution in [3.63, 3.8) is 0 Å². The Hall–Kier alpha value is -0.970. The van der Waals surface area contributed by atoms with E-state index in [2.05, 4.69) is 29.4 Å². The molecule has 0 spiro atoms. The predicted octanol–water partition coefficient (Wildman–Crippen LogP) is 3.96. The lowest BCUT2D eigenvalue weighted by atomic mass is 9.90. The minimum atomic E-state index is 0.0556. The van der Waals surface area contributed by atoms with Crippen molar-refractivity contribution < 1.29 is 4.79 Å². The predicted molar refractivity (Wildman–Crippen MR) is 78.4 cm³/mol. The molecular weight excluding hydrogens is 258 g/mol. The summed E-state index contributed by atoms with van der Waals surface area (Å²) in [6, 6.07) is 0. The molecule has 1 saturated carbocycles. The number of carbonyl (C=O) groups is 1. The molecule has 4 nitrogen and oxygen atoms in total.